The number of ether oxygens (including phenoxy) is 3. The maximum atomic E-state index is 12.5. The van der Waals surface area contributed by atoms with Crippen LogP contribution in [0.1, 0.15) is 56.6 Å². The number of benzene rings is 4. The molecule has 6 nitrogen and oxygen atoms in total. The summed E-state index contributed by atoms with van der Waals surface area (Å²) in [6, 6.07) is 30.1. The van der Waals surface area contributed by atoms with Gasteiger partial charge in [0, 0.05) is 33.2 Å². The summed E-state index contributed by atoms with van der Waals surface area (Å²) in [6.07, 6.45) is 2.95. The summed E-state index contributed by atoms with van der Waals surface area (Å²) < 4.78 is 15.9. The van der Waals surface area contributed by atoms with Crippen LogP contribution in [0.25, 0.3) is 0 Å². The second-order valence-electron chi connectivity index (χ2n) is 9.83. The highest BCUT2D eigenvalue weighted by Gasteiger charge is 2.14. The molecule has 0 amide bonds. The van der Waals surface area contributed by atoms with E-state index in [2.05, 4.69) is 48.5 Å². The summed E-state index contributed by atoms with van der Waals surface area (Å²) in [5.41, 5.74) is 4.96. The Balaban J connectivity index is 1.30. The molecule has 0 bridgehead atoms. The molecule has 0 saturated heterocycles. The van der Waals surface area contributed by atoms with Crippen LogP contribution in [0.5, 0.6) is 5.75 Å². The molecule has 4 aromatic carbocycles. The number of methoxy groups -OCH3 is 1. The molecule has 0 fully saturated rings. The van der Waals surface area contributed by atoms with Gasteiger partial charge in [-0.25, -0.2) is 9.59 Å². The second kappa shape index (κ2) is 17.6. The van der Waals surface area contributed by atoms with Gasteiger partial charge in [0.15, 0.2) is 0 Å². The van der Waals surface area contributed by atoms with Gasteiger partial charge in [-0.1, -0.05) is 42.4 Å². The van der Waals surface area contributed by atoms with E-state index in [1.54, 1.807) is 54.2 Å². The Morgan fingerprint density at radius 1 is 0.783 bits per heavy atom. The SMILES string of the molecule is C=CC(=O)OCCCCSc1ccc(C#Cc2ccc(COc3ccc(C#Cc4ccc(C#N)cc4)cc3C(=O)OC)cc2)cc1. The van der Waals surface area contributed by atoms with Crippen LogP contribution < -0.4 is 4.74 Å². The van der Waals surface area contributed by atoms with Crippen molar-refractivity contribution in [3.8, 4) is 35.5 Å². The molecule has 0 aliphatic carbocycles. The first kappa shape index (κ1) is 33.2. The number of nitrogens with zero attached hydrogens (tertiary/aromatic N) is 1. The van der Waals surface area contributed by atoms with Gasteiger partial charge < -0.3 is 14.2 Å². The van der Waals surface area contributed by atoms with Crippen molar-refractivity contribution >= 4 is 23.7 Å². The van der Waals surface area contributed by atoms with E-state index in [0.717, 1.165) is 40.8 Å². The molecule has 0 aromatic heterocycles. The second-order valence-corrected chi connectivity index (χ2v) is 11.0. The van der Waals surface area contributed by atoms with Crippen LogP contribution in [0.2, 0.25) is 0 Å². The zero-order valence-corrected chi connectivity index (χ0v) is 26.2. The van der Waals surface area contributed by atoms with E-state index in [9.17, 15) is 9.59 Å². The Hall–Kier alpha value is -5.68. The van der Waals surface area contributed by atoms with Gasteiger partial charge in [0.2, 0.25) is 0 Å². The number of nitriles is 1. The molecule has 46 heavy (non-hydrogen) atoms. The van der Waals surface area contributed by atoms with E-state index in [0.29, 0.717) is 23.5 Å². The lowest BCUT2D eigenvalue weighted by Crippen LogP contribution is -2.06. The van der Waals surface area contributed by atoms with Gasteiger partial charge in [-0.05, 0) is 103 Å². The highest BCUT2D eigenvalue weighted by atomic mass is 32.2. The van der Waals surface area contributed by atoms with E-state index in [-0.39, 0.29) is 18.1 Å². The Morgan fingerprint density at radius 3 is 1.96 bits per heavy atom. The summed E-state index contributed by atoms with van der Waals surface area (Å²) in [5.74, 6) is 12.9. The van der Waals surface area contributed by atoms with E-state index < -0.39 is 5.97 Å². The molecular weight excluding hydrogens is 594 g/mol. The molecule has 0 radical (unpaired) electrons. The topological polar surface area (TPSA) is 85.6 Å². The van der Waals surface area contributed by atoms with Crippen LogP contribution in [-0.4, -0.2) is 31.4 Å². The molecule has 4 aromatic rings. The first-order valence-electron chi connectivity index (χ1n) is 14.5. The summed E-state index contributed by atoms with van der Waals surface area (Å²) in [5, 5.41) is 8.96. The average Bonchev–Trinajstić information content (AvgIpc) is 3.11. The number of esters is 2. The van der Waals surface area contributed by atoms with E-state index >= 15 is 0 Å². The number of hydrogen-bond donors (Lipinski definition) is 0. The Bertz CT molecular complexity index is 1830. The number of carbonyl (C=O) groups is 2. The molecule has 7 heteroatoms. The van der Waals surface area contributed by atoms with Crippen LogP contribution in [0.15, 0.2) is 109 Å². The van der Waals surface area contributed by atoms with Gasteiger partial charge in [-0.15, -0.1) is 11.8 Å². The van der Waals surface area contributed by atoms with Crippen LogP contribution in [-0.2, 0) is 20.9 Å². The molecule has 0 heterocycles. The Morgan fingerprint density at radius 2 is 1.35 bits per heavy atom. The third-order valence-electron chi connectivity index (χ3n) is 6.52. The van der Waals surface area contributed by atoms with E-state index in [4.69, 9.17) is 19.5 Å². The fraction of sp³-hybridized carbons (Fsp3) is 0.154. The lowest BCUT2D eigenvalue weighted by molar-refractivity contribution is -0.137. The van der Waals surface area contributed by atoms with Crippen molar-refractivity contribution in [3.05, 3.63) is 143 Å². The minimum absolute atomic E-state index is 0.257. The molecule has 0 aliphatic rings. The molecule has 0 aliphatic heterocycles. The fourth-order valence-corrected chi connectivity index (χ4v) is 4.94. The first-order valence-corrected chi connectivity index (χ1v) is 15.5. The maximum Gasteiger partial charge on any atom is 0.341 e. The van der Waals surface area contributed by atoms with Crippen LogP contribution in [0.4, 0.5) is 0 Å². The summed E-state index contributed by atoms with van der Waals surface area (Å²) in [7, 11) is 1.32. The van der Waals surface area contributed by atoms with Gasteiger partial charge in [-0.2, -0.15) is 5.26 Å². The zero-order chi connectivity index (χ0) is 32.6. The monoisotopic (exact) mass is 625 g/mol. The van der Waals surface area contributed by atoms with Crippen molar-refractivity contribution in [2.45, 2.75) is 24.3 Å². The van der Waals surface area contributed by atoms with Crippen molar-refractivity contribution in [1.82, 2.24) is 0 Å². The Kier molecular flexibility index (Phi) is 12.7. The molecule has 0 unspecified atom stereocenters. The quantitative estimate of drug-likeness (QED) is 0.0568. The number of rotatable bonds is 11. The average molecular weight is 626 g/mol. The van der Waals surface area contributed by atoms with Gasteiger partial charge in [0.1, 0.15) is 17.9 Å². The smallest absolute Gasteiger partial charge is 0.341 e. The molecular formula is C39H31NO5S. The summed E-state index contributed by atoms with van der Waals surface area (Å²) in [6.45, 7) is 4.06. The largest absolute Gasteiger partial charge is 0.488 e. The van der Waals surface area contributed by atoms with Crippen molar-refractivity contribution < 1.29 is 23.8 Å². The molecule has 4 rings (SSSR count). The minimum atomic E-state index is -0.516. The van der Waals surface area contributed by atoms with E-state index in [1.807, 2.05) is 36.4 Å². The zero-order valence-electron chi connectivity index (χ0n) is 25.4. The minimum Gasteiger partial charge on any atom is -0.488 e. The van der Waals surface area contributed by atoms with Crippen LogP contribution >= 0.6 is 11.8 Å². The van der Waals surface area contributed by atoms with Crippen molar-refractivity contribution in [2.75, 3.05) is 19.5 Å². The van der Waals surface area contributed by atoms with Crippen molar-refractivity contribution in [2.24, 2.45) is 0 Å². The van der Waals surface area contributed by atoms with E-state index in [1.165, 1.54) is 18.1 Å². The molecule has 0 atom stereocenters. The predicted molar refractivity (Wildman–Crippen MR) is 179 cm³/mol. The third-order valence-corrected chi connectivity index (χ3v) is 7.62. The maximum absolute atomic E-state index is 12.5. The lowest BCUT2D eigenvalue weighted by Gasteiger charge is -2.11. The first-order chi connectivity index (χ1) is 22.5. The Labute approximate surface area is 274 Å². The highest BCUT2D eigenvalue weighted by Crippen LogP contribution is 2.23. The number of thioether (sulfide) groups is 1. The van der Waals surface area contributed by atoms with Gasteiger partial charge in [0.05, 0.1) is 25.3 Å². The van der Waals surface area contributed by atoms with Crippen LogP contribution in [0.3, 0.4) is 0 Å². The molecule has 228 valence electrons. The van der Waals surface area contributed by atoms with Crippen LogP contribution in [0, 0.1) is 35.0 Å². The third kappa shape index (κ3) is 10.5. The lowest BCUT2D eigenvalue weighted by atomic mass is 10.1. The summed E-state index contributed by atoms with van der Waals surface area (Å²) in [4.78, 5) is 24.7. The van der Waals surface area contributed by atoms with Crippen molar-refractivity contribution in [1.29, 1.82) is 5.26 Å². The highest BCUT2D eigenvalue weighted by molar-refractivity contribution is 7.99. The predicted octanol–water partition coefficient (Wildman–Crippen LogP) is 7.32. The van der Waals surface area contributed by atoms with Crippen molar-refractivity contribution in [3.63, 3.8) is 0 Å². The number of unbranched alkanes of at least 4 members (excludes halogenated alkanes) is 1. The van der Waals surface area contributed by atoms with Gasteiger partial charge in [-0.3, -0.25) is 0 Å². The summed E-state index contributed by atoms with van der Waals surface area (Å²) >= 11 is 1.76. The standard InChI is InChI=1S/C39H31NO5S/c1-3-38(41)44-24-4-5-25-46-35-21-18-31(19-22-35)7-6-29-11-16-34(17-12-29)28-45-37-23-20-32(26-36(37)39(42)43-2)13-8-30-9-14-33(27-40)15-10-30/h3,9-12,14-23,26H,1,4-5,24-25,28H2,2H3. The molecule has 0 N–H and O–H groups in total. The number of hydrogen-bond acceptors (Lipinski definition) is 7. The molecule has 0 spiro atoms. The van der Waals surface area contributed by atoms with Gasteiger partial charge in [0.25, 0.3) is 0 Å². The van der Waals surface area contributed by atoms with Gasteiger partial charge >= 0.3 is 11.9 Å². The fourth-order valence-electron chi connectivity index (χ4n) is 4.03. The molecule has 0 saturated carbocycles. The number of carbonyl (C=O) groups excluding carboxylic acids is 2. The normalized spacial score (nSPS) is 9.83.